The molecule has 1 unspecified atom stereocenters. The normalized spacial score (nSPS) is 18.8. The number of ether oxygens (including phenoxy) is 3. The van der Waals surface area contributed by atoms with Gasteiger partial charge in [-0.2, -0.15) is 14.6 Å². The maximum atomic E-state index is 14.5. The molecule has 0 amide bonds. The van der Waals surface area contributed by atoms with Crippen molar-refractivity contribution in [2.24, 2.45) is 5.92 Å². The highest BCUT2D eigenvalue weighted by molar-refractivity contribution is 7.51. The van der Waals surface area contributed by atoms with Crippen LogP contribution in [0.25, 0.3) is 11.2 Å². The number of carboxylic acids is 1. The van der Waals surface area contributed by atoms with Crippen molar-refractivity contribution in [3.63, 3.8) is 0 Å². The minimum atomic E-state index is -4.19. The molecule has 15 heteroatoms. The molecule has 3 N–H and O–H groups in total. The fourth-order valence-corrected chi connectivity index (χ4v) is 6.89. The first-order valence-corrected chi connectivity index (χ1v) is 15.0. The number of methoxy groups -OCH3 is 2. The van der Waals surface area contributed by atoms with Gasteiger partial charge in [-0.1, -0.05) is 18.2 Å². The second-order valence-corrected chi connectivity index (χ2v) is 11.9. The lowest BCUT2D eigenvalue weighted by molar-refractivity contribution is -0.141. The Morgan fingerprint density at radius 3 is 2.64 bits per heavy atom. The van der Waals surface area contributed by atoms with E-state index in [2.05, 4.69) is 15.0 Å². The van der Waals surface area contributed by atoms with E-state index in [0.717, 1.165) is 0 Å². The molecule has 4 rings (SSSR count). The molecule has 0 fully saturated rings. The lowest BCUT2D eigenvalue weighted by Crippen LogP contribution is -2.42. The minimum absolute atomic E-state index is 0.0109. The maximum Gasteiger partial charge on any atom is 0.462 e. The Morgan fingerprint density at radius 2 is 1.95 bits per heavy atom. The Bertz CT molecular complexity index is 1460. The molecule has 0 saturated carbocycles. The molecule has 0 spiro atoms. The van der Waals surface area contributed by atoms with Crippen LogP contribution in [0, 0.1) is 5.92 Å². The Labute approximate surface area is 244 Å². The van der Waals surface area contributed by atoms with Crippen molar-refractivity contribution in [3.8, 4) is 17.4 Å². The fraction of sp³-hybridized carbons (Fsp3) is 0.481. The quantitative estimate of drug-likeness (QED) is 0.145. The summed E-state index contributed by atoms with van der Waals surface area (Å²) < 4.78 is 45.6. The molecule has 2 heterocycles. The molecule has 0 aliphatic heterocycles. The van der Waals surface area contributed by atoms with E-state index in [9.17, 15) is 14.5 Å². The summed E-state index contributed by atoms with van der Waals surface area (Å²) >= 11 is 0. The molecule has 14 nitrogen and oxygen atoms in total. The van der Waals surface area contributed by atoms with Crippen molar-refractivity contribution in [1.82, 2.24) is 24.2 Å². The number of hydrogen-bond acceptors (Lipinski definition) is 11. The lowest BCUT2D eigenvalue weighted by Gasteiger charge is -2.35. The number of nitrogens with zero attached hydrogens (tertiary/aromatic N) is 5. The molecule has 0 bridgehead atoms. The number of aliphatic carboxylic acids is 1. The van der Waals surface area contributed by atoms with Crippen LogP contribution >= 0.6 is 7.75 Å². The van der Waals surface area contributed by atoms with Crippen LogP contribution in [0.4, 0.5) is 5.95 Å². The van der Waals surface area contributed by atoms with Crippen LogP contribution in [0.3, 0.4) is 0 Å². The molecule has 4 atom stereocenters. The highest BCUT2D eigenvalue weighted by Gasteiger charge is 2.44. The lowest BCUT2D eigenvalue weighted by atomic mass is 10.1. The van der Waals surface area contributed by atoms with Gasteiger partial charge in [0.2, 0.25) is 11.8 Å². The fourth-order valence-electron chi connectivity index (χ4n) is 4.76. The average molecular weight is 605 g/mol. The van der Waals surface area contributed by atoms with Crippen molar-refractivity contribution in [1.29, 1.82) is 0 Å². The van der Waals surface area contributed by atoms with E-state index in [-0.39, 0.29) is 36.1 Å². The smallest absolute Gasteiger partial charge is 0.462 e. The van der Waals surface area contributed by atoms with Crippen molar-refractivity contribution < 1.29 is 37.7 Å². The summed E-state index contributed by atoms with van der Waals surface area (Å²) in [6.07, 6.45) is 6.15. The predicted octanol–water partition coefficient (Wildman–Crippen LogP) is 3.95. The number of allylic oxidation sites excluding steroid dienone is 1. The molecule has 1 aliphatic rings. The molecule has 1 aromatic carbocycles. The van der Waals surface area contributed by atoms with Gasteiger partial charge >= 0.3 is 13.7 Å². The van der Waals surface area contributed by atoms with E-state index >= 15 is 0 Å². The maximum absolute atomic E-state index is 14.5. The summed E-state index contributed by atoms with van der Waals surface area (Å²) in [6, 6.07) is 4.84. The zero-order valence-corrected chi connectivity index (χ0v) is 25.1. The number of carboxylic acid groups (broad SMARTS) is 1. The third-order valence-electron chi connectivity index (χ3n) is 6.71. The second-order valence-electron chi connectivity index (χ2n) is 10.0. The summed E-state index contributed by atoms with van der Waals surface area (Å²) in [6.45, 7) is 5.64. The van der Waals surface area contributed by atoms with E-state index in [1.54, 1.807) is 51.6 Å². The summed E-state index contributed by atoms with van der Waals surface area (Å²) in [5.74, 6) is -0.275. The molecule has 42 heavy (non-hydrogen) atoms. The van der Waals surface area contributed by atoms with Crippen LogP contribution in [-0.4, -0.2) is 81.4 Å². The highest BCUT2D eigenvalue weighted by atomic mass is 31.2. The number of benzene rings is 1. The van der Waals surface area contributed by atoms with E-state index in [4.69, 9.17) is 29.0 Å². The van der Waals surface area contributed by atoms with E-state index < -0.39 is 25.8 Å². The summed E-state index contributed by atoms with van der Waals surface area (Å²) in [5, 5.41) is 9.81. The Kier molecular flexibility index (Phi) is 10.0. The first kappa shape index (κ1) is 31.2. The number of fused-ring (bicyclic) bond motifs is 1. The van der Waals surface area contributed by atoms with Crippen molar-refractivity contribution in [2.75, 3.05) is 39.8 Å². The molecule has 2 aromatic heterocycles. The Morgan fingerprint density at radius 1 is 1.19 bits per heavy atom. The number of anilines is 1. The SMILES string of the molecule is COCCOc1cccc(OP(=O)(OC[C@@H]2C=C[C@H](n3cnc4c(OC)nc(N)nc43)C2)N(C(C)C)[C@@H](C)C(=O)O)c1. The van der Waals surface area contributed by atoms with Crippen LogP contribution in [-0.2, 0) is 18.6 Å². The minimum Gasteiger partial charge on any atom is -0.491 e. The van der Waals surface area contributed by atoms with Crippen LogP contribution in [0.1, 0.15) is 33.2 Å². The van der Waals surface area contributed by atoms with Gasteiger partial charge in [0.25, 0.3) is 0 Å². The van der Waals surface area contributed by atoms with Gasteiger partial charge in [-0.25, -0.2) is 9.55 Å². The number of carbonyl (C=O) groups is 1. The van der Waals surface area contributed by atoms with Crippen LogP contribution in [0.2, 0.25) is 0 Å². The first-order valence-electron chi connectivity index (χ1n) is 13.5. The Balaban J connectivity index is 1.54. The van der Waals surface area contributed by atoms with Gasteiger partial charge in [0.05, 0.1) is 32.7 Å². The second kappa shape index (κ2) is 13.5. The monoisotopic (exact) mass is 604 g/mol. The summed E-state index contributed by atoms with van der Waals surface area (Å²) in [4.78, 5) is 24.8. The van der Waals surface area contributed by atoms with Crippen molar-refractivity contribution in [2.45, 2.75) is 45.3 Å². The van der Waals surface area contributed by atoms with Crippen LogP contribution in [0.15, 0.2) is 42.7 Å². The third kappa shape index (κ3) is 7.01. The number of imidazole rings is 1. The number of aromatic nitrogens is 4. The summed E-state index contributed by atoms with van der Waals surface area (Å²) in [7, 11) is -1.14. The molecule has 0 saturated heterocycles. The molecule has 1 aliphatic carbocycles. The zero-order chi connectivity index (χ0) is 30.4. The van der Waals surface area contributed by atoms with E-state index in [1.165, 1.54) is 18.7 Å². The van der Waals surface area contributed by atoms with Crippen molar-refractivity contribution >= 4 is 30.8 Å². The van der Waals surface area contributed by atoms with Gasteiger partial charge in [0, 0.05) is 25.1 Å². The van der Waals surface area contributed by atoms with E-state index in [0.29, 0.717) is 36.5 Å². The first-order chi connectivity index (χ1) is 20.1. The number of nitrogens with two attached hydrogens (primary N) is 1. The molecule has 0 radical (unpaired) electrons. The van der Waals surface area contributed by atoms with Crippen molar-refractivity contribution in [3.05, 3.63) is 42.7 Å². The van der Waals surface area contributed by atoms with Crippen LogP contribution < -0.4 is 19.7 Å². The van der Waals surface area contributed by atoms with Gasteiger partial charge in [0.1, 0.15) is 24.1 Å². The average Bonchev–Trinajstić information content (AvgIpc) is 3.58. The standard InChI is InChI=1S/C27H37N6O8P/c1-17(2)33(18(3)26(34)35)42(36,41-22-8-6-7-21(14-22)39-12-11-37-4)40-15-19-9-10-20(13-19)32-16-29-23-24(32)30-27(28)31-25(23)38-5/h6-10,14,16-20H,11-13,15H2,1-5H3,(H,34,35)(H2,28,30,31)/t18-,19+,20-,42?/m0/s1. The van der Waals surface area contributed by atoms with Gasteiger partial charge in [0.15, 0.2) is 11.2 Å². The topological polar surface area (TPSA) is 173 Å². The third-order valence-corrected chi connectivity index (χ3v) is 9.00. The van der Waals surface area contributed by atoms with E-state index in [1.807, 2.05) is 16.7 Å². The number of hydrogen-bond donors (Lipinski definition) is 2. The number of rotatable bonds is 15. The largest absolute Gasteiger partial charge is 0.491 e. The zero-order valence-electron chi connectivity index (χ0n) is 24.2. The molecule has 228 valence electrons. The van der Waals surface area contributed by atoms with Gasteiger partial charge in [-0.05, 0) is 39.3 Å². The molecular formula is C27H37N6O8P. The Hall–Kier alpha value is -3.71. The molecule has 3 aromatic rings. The molecular weight excluding hydrogens is 567 g/mol. The summed E-state index contributed by atoms with van der Waals surface area (Å²) in [5.41, 5.74) is 6.88. The van der Waals surface area contributed by atoms with Crippen LogP contribution in [0.5, 0.6) is 17.4 Å². The number of nitrogen functional groups attached to an aromatic ring is 1. The predicted molar refractivity (Wildman–Crippen MR) is 155 cm³/mol. The van der Waals surface area contributed by atoms with Gasteiger partial charge in [-0.3, -0.25) is 9.32 Å². The van der Waals surface area contributed by atoms with Gasteiger partial charge in [-0.15, -0.1) is 0 Å². The highest BCUT2D eigenvalue weighted by Crippen LogP contribution is 2.55. The van der Waals surface area contributed by atoms with Gasteiger partial charge < -0.3 is 34.1 Å².